The van der Waals surface area contributed by atoms with Crippen molar-refractivity contribution in [1.82, 2.24) is 14.5 Å². The number of aromatic amines is 1. The summed E-state index contributed by atoms with van der Waals surface area (Å²) in [6, 6.07) is 9.24. The fourth-order valence-electron chi connectivity index (χ4n) is 4.33. The quantitative estimate of drug-likeness (QED) is 0.612. The number of piperidine rings is 1. The Balaban J connectivity index is 2.03. The van der Waals surface area contributed by atoms with E-state index in [-0.39, 0.29) is 49.6 Å². The molecule has 2 aromatic rings. The van der Waals surface area contributed by atoms with Crippen molar-refractivity contribution in [2.75, 3.05) is 37.4 Å². The standard InChI is InChI=1S/C25H35N5O5/c1-25(2,3)23(33)28-12-8-11-18(16-28)22(32)30(15-17-9-6-5-7-10-17)19-20(26)29(13-14-35-4)24(34)27-21(19)31/h5-7,9-10,18H,8,11-16,26H2,1-4H3,(H,27,31,34). The van der Waals surface area contributed by atoms with Gasteiger partial charge in [0.1, 0.15) is 5.82 Å². The topological polar surface area (TPSA) is 131 Å². The second kappa shape index (κ2) is 10.9. The largest absolute Gasteiger partial charge is 0.383 e. The molecular weight excluding hydrogens is 450 g/mol. The first kappa shape index (κ1) is 26.2. The van der Waals surface area contributed by atoms with Gasteiger partial charge >= 0.3 is 5.69 Å². The highest BCUT2D eigenvalue weighted by Crippen LogP contribution is 2.28. The molecule has 2 amide bonds. The molecule has 1 aromatic carbocycles. The first-order chi connectivity index (χ1) is 16.5. The van der Waals surface area contributed by atoms with E-state index in [9.17, 15) is 19.2 Å². The second-order valence-corrected chi connectivity index (χ2v) is 9.89. The Kier molecular flexibility index (Phi) is 8.16. The van der Waals surface area contributed by atoms with Gasteiger partial charge < -0.3 is 15.4 Å². The Morgan fingerprint density at radius 1 is 1.20 bits per heavy atom. The lowest BCUT2D eigenvalue weighted by Gasteiger charge is -2.37. The third-order valence-corrected chi connectivity index (χ3v) is 6.15. The number of aromatic nitrogens is 2. The molecule has 3 rings (SSSR count). The van der Waals surface area contributed by atoms with E-state index >= 15 is 0 Å². The monoisotopic (exact) mass is 485 g/mol. The van der Waals surface area contributed by atoms with Crippen LogP contribution in [0, 0.1) is 11.3 Å². The molecule has 3 N–H and O–H groups in total. The van der Waals surface area contributed by atoms with Crippen LogP contribution in [0.2, 0.25) is 0 Å². The molecule has 0 bridgehead atoms. The van der Waals surface area contributed by atoms with Crippen molar-refractivity contribution in [2.45, 2.75) is 46.7 Å². The van der Waals surface area contributed by atoms with E-state index in [2.05, 4.69) is 4.98 Å². The summed E-state index contributed by atoms with van der Waals surface area (Å²) in [6.45, 7) is 6.83. The van der Waals surface area contributed by atoms with Crippen LogP contribution in [-0.4, -0.2) is 53.1 Å². The molecule has 1 saturated heterocycles. The lowest BCUT2D eigenvalue weighted by atomic mass is 9.90. The Labute approximate surface area is 204 Å². The van der Waals surface area contributed by atoms with Crippen molar-refractivity contribution in [2.24, 2.45) is 11.3 Å². The van der Waals surface area contributed by atoms with Gasteiger partial charge in [0, 0.05) is 25.6 Å². The van der Waals surface area contributed by atoms with E-state index in [4.69, 9.17) is 10.5 Å². The zero-order chi connectivity index (χ0) is 25.8. The van der Waals surface area contributed by atoms with Crippen LogP contribution >= 0.6 is 0 Å². The fourth-order valence-corrected chi connectivity index (χ4v) is 4.33. The predicted octanol–water partition coefficient (Wildman–Crippen LogP) is 1.58. The van der Waals surface area contributed by atoms with Gasteiger partial charge in [-0.15, -0.1) is 0 Å². The maximum absolute atomic E-state index is 13.9. The third-order valence-electron chi connectivity index (χ3n) is 6.15. The maximum atomic E-state index is 13.9. The molecule has 1 aromatic heterocycles. The number of nitrogen functional groups attached to an aromatic ring is 1. The zero-order valence-electron chi connectivity index (χ0n) is 20.9. The van der Waals surface area contributed by atoms with Gasteiger partial charge in [-0.25, -0.2) is 4.79 Å². The Morgan fingerprint density at radius 3 is 2.51 bits per heavy atom. The molecule has 2 heterocycles. The van der Waals surface area contributed by atoms with Crippen LogP contribution in [-0.2, 0) is 27.4 Å². The van der Waals surface area contributed by atoms with Crippen molar-refractivity contribution in [3.63, 3.8) is 0 Å². The minimum atomic E-state index is -0.733. The molecular formula is C25H35N5O5. The molecule has 0 saturated carbocycles. The molecule has 10 nitrogen and oxygen atoms in total. The van der Waals surface area contributed by atoms with E-state index in [1.165, 1.54) is 16.6 Å². The summed E-state index contributed by atoms with van der Waals surface area (Å²) in [6.07, 6.45) is 1.26. The van der Waals surface area contributed by atoms with Crippen molar-refractivity contribution in [1.29, 1.82) is 0 Å². The summed E-state index contributed by atoms with van der Waals surface area (Å²) in [5.74, 6) is -0.931. The number of nitrogens with one attached hydrogen (secondary N) is 1. The number of nitrogens with zero attached hydrogens (tertiary/aromatic N) is 3. The number of likely N-dealkylation sites (tertiary alicyclic amines) is 1. The van der Waals surface area contributed by atoms with Crippen molar-refractivity contribution >= 4 is 23.3 Å². The molecule has 1 atom stereocenters. The fraction of sp³-hybridized carbons (Fsp3) is 0.520. The minimum Gasteiger partial charge on any atom is -0.383 e. The summed E-state index contributed by atoms with van der Waals surface area (Å²) in [5.41, 5.74) is 5.07. The van der Waals surface area contributed by atoms with Crippen LogP contribution in [0.3, 0.4) is 0 Å². The van der Waals surface area contributed by atoms with Crippen LogP contribution < -0.4 is 21.9 Å². The molecule has 10 heteroatoms. The molecule has 0 radical (unpaired) electrons. The number of methoxy groups -OCH3 is 1. The molecule has 1 aliphatic rings. The molecule has 0 spiro atoms. The SMILES string of the molecule is COCCn1c(N)c(N(Cc2ccccc2)C(=O)C2CCCN(C(=O)C(C)(C)C)C2)c(=O)[nH]c1=O. The second-order valence-electron chi connectivity index (χ2n) is 9.89. The van der Waals surface area contributed by atoms with Gasteiger partial charge in [0.15, 0.2) is 5.69 Å². The lowest BCUT2D eigenvalue weighted by molar-refractivity contribution is -0.142. The minimum absolute atomic E-state index is 0.0184. The lowest BCUT2D eigenvalue weighted by Crippen LogP contribution is -2.50. The first-order valence-corrected chi connectivity index (χ1v) is 11.8. The average molecular weight is 486 g/mol. The number of anilines is 2. The van der Waals surface area contributed by atoms with Gasteiger partial charge in [-0.3, -0.25) is 28.8 Å². The van der Waals surface area contributed by atoms with Crippen LogP contribution in [0.4, 0.5) is 11.5 Å². The third kappa shape index (κ3) is 6.00. The number of nitrogens with two attached hydrogens (primary N) is 1. The summed E-state index contributed by atoms with van der Waals surface area (Å²) in [7, 11) is 1.49. The first-order valence-electron chi connectivity index (χ1n) is 11.8. The highest BCUT2D eigenvalue weighted by molar-refractivity contribution is 5.97. The number of H-pyrrole nitrogens is 1. The number of ether oxygens (including phenoxy) is 1. The number of hydrogen-bond acceptors (Lipinski definition) is 6. The summed E-state index contributed by atoms with van der Waals surface area (Å²) < 4.78 is 6.26. The Hall–Kier alpha value is -3.40. The molecule has 35 heavy (non-hydrogen) atoms. The smallest absolute Gasteiger partial charge is 0.330 e. The van der Waals surface area contributed by atoms with Gasteiger partial charge in [-0.1, -0.05) is 51.1 Å². The van der Waals surface area contributed by atoms with Gasteiger partial charge in [0.2, 0.25) is 11.8 Å². The number of amides is 2. The maximum Gasteiger partial charge on any atom is 0.330 e. The van der Waals surface area contributed by atoms with Gasteiger partial charge in [-0.2, -0.15) is 0 Å². The summed E-state index contributed by atoms with van der Waals surface area (Å²) in [5, 5.41) is 0. The van der Waals surface area contributed by atoms with E-state index in [0.29, 0.717) is 19.4 Å². The molecule has 190 valence electrons. The van der Waals surface area contributed by atoms with Crippen LogP contribution in [0.5, 0.6) is 0 Å². The van der Waals surface area contributed by atoms with Crippen molar-refractivity contribution < 1.29 is 14.3 Å². The zero-order valence-corrected chi connectivity index (χ0v) is 20.9. The number of carbonyl (C=O) groups excluding carboxylic acids is 2. The van der Waals surface area contributed by atoms with Crippen LogP contribution in [0.25, 0.3) is 0 Å². The Bertz CT molecular complexity index is 1170. The van der Waals surface area contributed by atoms with E-state index < -0.39 is 22.6 Å². The predicted molar refractivity (Wildman–Crippen MR) is 134 cm³/mol. The van der Waals surface area contributed by atoms with E-state index in [1.807, 2.05) is 51.1 Å². The van der Waals surface area contributed by atoms with Crippen LogP contribution in [0.15, 0.2) is 39.9 Å². The van der Waals surface area contributed by atoms with Gasteiger partial charge in [0.05, 0.1) is 25.6 Å². The Morgan fingerprint density at radius 2 is 1.89 bits per heavy atom. The highest BCUT2D eigenvalue weighted by atomic mass is 16.5. The molecule has 0 aliphatic carbocycles. The van der Waals surface area contributed by atoms with Crippen molar-refractivity contribution in [3.8, 4) is 0 Å². The molecule has 1 unspecified atom stereocenters. The molecule has 1 fully saturated rings. The van der Waals surface area contributed by atoms with Crippen molar-refractivity contribution in [3.05, 3.63) is 56.7 Å². The van der Waals surface area contributed by atoms with E-state index in [1.54, 1.807) is 4.90 Å². The number of hydrogen-bond donors (Lipinski definition) is 2. The number of benzene rings is 1. The highest BCUT2D eigenvalue weighted by Gasteiger charge is 2.36. The normalized spacial score (nSPS) is 16.2. The average Bonchev–Trinajstić information content (AvgIpc) is 2.82. The van der Waals surface area contributed by atoms with Gasteiger partial charge in [-0.05, 0) is 18.4 Å². The molecule has 1 aliphatic heterocycles. The summed E-state index contributed by atoms with van der Waals surface area (Å²) >= 11 is 0. The van der Waals surface area contributed by atoms with Gasteiger partial charge in [0.25, 0.3) is 5.56 Å². The van der Waals surface area contributed by atoms with Crippen LogP contribution in [0.1, 0.15) is 39.2 Å². The van der Waals surface area contributed by atoms with E-state index in [0.717, 1.165) is 5.56 Å². The number of rotatable bonds is 7. The number of carbonyl (C=O) groups is 2. The summed E-state index contributed by atoms with van der Waals surface area (Å²) in [4.78, 5) is 57.5.